The van der Waals surface area contributed by atoms with Crippen LogP contribution in [-0.4, -0.2) is 27.2 Å². The molecule has 1 saturated carbocycles. The standard InChI is InChI=1S/C23H25F2N3O3/c1-22(11-6-12-22)28-18-13-16(31-20(24)25)9-10-17(18)26-21(28)27-19(29)14-23(2,30)15-7-4-3-5-8-15/h3-5,7-10,13,20,30H,6,11-12,14H2,1-2H3,(H,26,27,29). The van der Waals surface area contributed by atoms with Gasteiger partial charge in [-0.05, 0) is 50.8 Å². The lowest BCUT2D eigenvalue weighted by Crippen LogP contribution is -2.38. The van der Waals surface area contributed by atoms with Gasteiger partial charge in [-0.2, -0.15) is 8.78 Å². The van der Waals surface area contributed by atoms with Crippen LogP contribution in [-0.2, 0) is 15.9 Å². The highest BCUT2D eigenvalue weighted by atomic mass is 19.3. The minimum atomic E-state index is -2.92. The van der Waals surface area contributed by atoms with Crippen LogP contribution in [0.25, 0.3) is 11.0 Å². The molecule has 0 aliphatic heterocycles. The van der Waals surface area contributed by atoms with Gasteiger partial charge in [0.15, 0.2) is 0 Å². The first kappa shape index (κ1) is 21.2. The molecule has 31 heavy (non-hydrogen) atoms. The van der Waals surface area contributed by atoms with E-state index < -0.39 is 18.1 Å². The van der Waals surface area contributed by atoms with E-state index >= 15 is 0 Å². The number of alkyl halides is 2. The number of ether oxygens (including phenoxy) is 1. The van der Waals surface area contributed by atoms with E-state index in [4.69, 9.17) is 0 Å². The molecule has 2 aromatic carbocycles. The van der Waals surface area contributed by atoms with Crippen LogP contribution in [0.15, 0.2) is 48.5 Å². The van der Waals surface area contributed by atoms with Gasteiger partial charge in [0.05, 0.1) is 23.1 Å². The fourth-order valence-corrected chi connectivity index (χ4v) is 4.15. The highest BCUT2D eigenvalue weighted by Crippen LogP contribution is 2.43. The lowest BCUT2D eigenvalue weighted by Gasteiger charge is -2.41. The van der Waals surface area contributed by atoms with E-state index in [9.17, 15) is 18.7 Å². The minimum absolute atomic E-state index is 0.0384. The largest absolute Gasteiger partial charge is 0.435 e. The molecule has 1 unspecified atom stereocenters. The maximum Gasteiger partial charge on any atom is 0.387 e. The summed E-state index contributed by atoms with van der Waals surface area (Å²) in [6, 6.07) is 13.5. The number of benzene rings is 2. The smallest absolute Gasteiger partial charge is 0.387 e. The van der Waals surface area contributed by atoms with E-state index in [-0.39, 0.29) is 17.7 Å². The first-order valence-electron chi connectivity index (χ1n) is 10.2. The van der Waals surface area contributed by atoms with Gasteiger partial charge in [0.1, 0.15) is 5.75 Å². The van der Waals surface area contributed by atoms with Gasteiger partial charge in [0.2, 0.25) is 11.9 Å². The van der Waals surface area contributed by atoms with E-state index in [1.807, 2.05) is 17.6 Å². The van der Waals surface area contributed by atoms with Crippen molar-refractivity contribution in [2.45, 2.75) is 57.3 Å². The lowest BCUT2D eigenvalue weighted by molar-refractivity contribution is -0.120. The summed E-state index contributed by atoms with van der Waals surface area (Å²) in [5.74, 6) is -0.0193. The van der Waals surface area contributed by atoms with E-state index in [2.05, 4.69) is 15.0 Å². The van der Waals surface area contributed by atoms with Gasteiger partial charge in [0.25, 0.3) is 0 Å². The highest BCUT2D eigenvalue weighted by Gasteiger charge is 2.37. The number of nitrogens with one attached hydrogen (secondary N) is 1. The summed E-state index contributed by atoms with van der Waals surface area (Å²) >= 11 is 0. The van der Waals surface area contributed by atoms with Gasteiger partial charge < -0.3 is 14.4 Å². The first-order chi connectivity index (χ1) is 14.7. The quantitative estimate of drug-likeness (QED) is 0.567. The summed E-state index contributed by atoms with van der Waals surface area (Å²) in [6.45, 7) is 0.715. The van der Waals surface area contributed by atoms with Crippen molar-refractivity contribution in [3.05, 3.63) is 54.1 Å². The number of imidazole rings is 1. The minimum Gasteiger partial charge on any atom is -0.435 e. The zero-order valence-corrected chi connectivity index (χ0v) is 17.4. The first-order valence-corrected chi connectivity index (χ1v) is 10.2. The number of anilines is 1. The number of aromatic nitrogens is 2. The van der Waals surface area contributed by atoms with Crippen molar-refractivity contribution in [3.8, 4) is 5.75 Å². The third-order valence-corrected chi connectivity index (χ3v) is 5.97. The predicted molar refractivity (Wildman–Crippen MR) is 113 cm³/mol. The molecule has 8 heteroatoms. The normalized spacial score (nSPS) is 17.2. The second-order valence-electron chi connectivity index (χ2n) is 8.52. The van der Waals surface area contributed by atoms with E-state index in [1.54, 1.807) is 37.3 Å². The maximum absolute atomic E-state index is 12.8. The van der Waals surface area contributed by atoms with Gasteiger partial charge in [0, 0.05) is 11.6 Å². The number of hydrogen-bond acceptors (Lipinski definition) is 4. The molecule has 2 N–H and O–H groups in total. The van der Waals surface area contributed by atoms with Crippen molar-refractivity contribution >= 4 is 22.9 Å². The Kier molecular flexibility index (Phi) is 5.43. The number of fused-ring (bicyclic) bond motifs is 1. The number of carbonyl (C=O) groups is 1. The van der Waals surface area contributed by atoms with Crippen LogP contribution in [0.1, 0.15) is 45.1 Å². The molecule has 0 bridgehead atoms. The fraction of sp³-hybridized carbons (Fsp3) is 0.391. The molecule has 1 aromatic heterocycles. The number of halogens is 2. The summed E-state index contributed by atoms with van der Waals surface area (Å²) < 4.78 is 31.8. The molecule has 0 radical (unpaired) electrons. The second-order valence-corrected chi connectivity index (χ2v) is 8.52. The Balaban J connectivity index is 1.65. The Bertz CT molecular complexity index is 1090. The molecule has 6 nitrogen and oxygen atoms in total. The Morgan fingerprint density at radius 2 is 2.00 bits per heavy atom. The van der Waals surface area contributed by atoms with E-state index in [0.29, 0.717) is 22.5 Å². The summed E-state index contributed by atoms with van der Waals surface area (Å²) in [4.78, 5) is 17.4. The highest BCUT2D eigenvalue weighted by molar-refractivity contribution is 5.92. The monoisotopic (exact) mass is 429 g/mol. The molecule has 3 aromatic rings. The van der Waals surface area contributed by atoms with E-state index in [0.717, 1.165) is 19.3 Å². The van der Waals surface area contributed by atoms with E-state index in [1.165, 1.54) is 12.1 Å². The molecular weight excluding hydrogens is 404 g/mol. The van der Waals surface area contributed by atoms with Crippen molar-refractivity contribution < 1.29 is 23.4 Å². The third kappa shape index (κ3) is 4.25. The number of nitrogens with zero attached hydrogens (tertiary/aromatic N) is 2. The van der Waals surface area contributed by atoms with Crippen LogP contribution >= 0.6 is 0 Å². The maximum atomic E-state index is 12.8. The molecule has 1 amide bonds. The number of hydrogen-bond donors (Lipinski definition) is 2. The average molecular weight is 429 g/mol. The van der Waals surface area contributed by atoms with Gasteiger partial charge in [-0.1, -0.05) is 30.3 Å². The van der Waals surface area contributed by atoms with Crippen LogP contribution in [0.3, 0.4) is 0 Å². The van der Waals surface area contributed by atoms with Crippen LogP contribution < -0.4 is 10.1 Å². The lowest BCUT2D eigenvalue weighted by atomic mass is 9.78. The summed E-state index contributed by atoms with van der Waals surface area (Å²) in [5.41, 5.74) is 0.188. The molecule has 1 atom stereocenters. The van der Waals surface area contributed by atoms with Crippen molar-refractivity contribution in [3.63, 3.8) is 0 Å². The summed E-state index contributed by atoms with van der Waals surface area (Å²) in [7, 11) is 0. The molecule has 1 aliphatic carbocycles. The Morgan fingerprint density at radius 3 is 2.61 bits per heavy atom. The van der Waals surface area contributed by atoms with Gasteiger partial charge in [-0.15, -0.1) is 0 Å². The number of carbonyl (C=O) groups excluding carboxylic acids is 1. The molecular formula is C23H25F2N3O3. The third-order valence-electron chi connectivity index (χ3n) is 5.97. The number of aliphatic hydroxyl groups is 1. The molecule has 0 saturated heterocycles. The van der Waals surface area contributed by atoms with Gasteiger partial charge in [-0.3, -0.25) is 10.1 Å². The van der Waals surface area contributed by atoms with Crippen molar-refractivity contribution in [2.24, 2.45) is 0 Å². The van der Waals surface area contributed by atoms with Gasteiger partial charge in [-0.25, -0.2) is 4.98 Å². The fourth-order valence-electron chi connectivity index (χ4n) is 4.15. The molecule has 4 rings (SSSR count). The summed E-state index contributed by atoms with van der Waals surface area (Å²) in [5, 5.41) is 13.6. The van der Waals surface area contributed by atoms with Gasteiger partial charge >= 0.3 is 6.61 Å². The summed E-state index contributed by atoms with van der Waals surface area (Å²) in [6.07, 6.45) is 2.63. The van der Waals surface area contributed by atoms with Crippen molar-refractivity contribution in [1.29, 1.82) is 0 Å². The van der Waals surface area contributed by atoms with Crippen molar-refractivity contribution in [2.75, 3.05) is 5.32 Å². The molecule has 1 aliphatic rings. The molecule has 164 valence electrons. The zero-order chi connectivity index (χ0) is 22.2. The van der Waals surface area contributed by atoms with Crippen LogP contribution in [0, 0.1) is 0 Å². The topological polar surface area (TPSA) is 76.4 Å². The van der Waals surface area contributed by atoms with Crippen LogP contribution in [0.5, 0.6) is 5.75 Å². The van der Waals surface area contributed by atoms with Crippen LogP contribution in [0.4, 0.5) is 14.7 Å². The predicted octanol–water partition coefficient (Wildman–Crippen LogP) is 4.77. The number of amides is 1. The Labute approximate surface area is 178 Å². The Morgan fingerprint density at radius 1 is 1.29 bits per heavy atom. The van der Waals surface area contributed by atoms with Crippen LogP contribution in [0.2, 0.25) is 0 Å². The molecule has 1 heterocycles. The zero-order valence-electron chi connectivity index (χ0n) is 17.4. The molecule has 1 fully saturated rings. The average Bonchev–Trinajstić information content (AvgIpc) is 3.03. The SMILES string of the molecule is CC(O)(CC(=O)Nc1nc2ccc(OC(F)F)cc2n1C1(C)CCC1)c1ccccc1. The van der Waals surface area contributed by atoms with Crippen molar-refractivity contribution in [1.82, 2.24) is 9.55 Å². The number of rotatable bonds is 7. The second kappa shape index (κ2) is 7.92. The molecule has 0 spiro atoms. The Hall–Kier alpha value is -3.00.